The largest absolute Gasteiger partial charge is 0.495 e. The van der Waals surface area contributed by atoms with Crippen LogP contribution >= 0.6 is 11.6 Å². The molecule has 0 amide bonds. The maximum absolute atomic E-state index is 9.18. The Morgan fingerprint density at radius 3 is 2.67 bits per heavy atom. The van der Waals surface area contributed by atoms with E-state index in [4.69, 9.17) is 16.3 Å². The topological polar surface area (TPSA) is 41.5 Å². The van der Waals surface area contributed by atoms with Crippen molar-refractivity contribution in [2.24, 2.45) is 0 Å². The van der Waals surface area contributed by atoms with Gasteiger partial charge in [-0.25, -0.2) is 0 Å². The lowest BCUT2D eigenvalue weighted by Gasteiger charge is -2.15. The van der Waals surface area contributed by atoms with Gasteiger partial charge in [0.05, 0.1) is 18.7 Å². The molecule has 112 valence electrons. The summed E-state index contributed by atoms with van der Waals surface area (Å²) in [5.41, 5.74) is 3.18. The Labute approximate surface area is 130 Å². The summed E-state index contributed by atoms with van der Waals surface area (Å²) in [7, 11) is 1.61. The second-order valence-electron chi connectivity index (χ2n) is 4.97. The lowest BCUT2D eigenvalue weighted by molar-refractivity contribution is 0.281. The zero-order valence-electron chi connectivity index (χ0n) is 12.3. The summed E-state index contributed by atoms with van der Waals surface area (Å²) in [5.74, 6) is 0.684. The zero-order valence-corrected chi connectivity index (χ0v) is 13.0. The first-order valence-corrected chi connectivity index (χ1v) is 7.27. The van der Waals surface area contributed by atoms with Crippen LogP contribution in [0, 0.1) is 0 Å². The average molecular weight is 306 g/mol. The summed E-state index contributed by atoms with van der Waals surface area (Å²) in [6.45, 7) is 2.88. The number of benzene rings is 2. The van der Waals surface area contributed by atoms with E-state index in [0.717, 1.165) is 16.7 Å². The maximum atomic E-state index is 9.18. The first kappa shape index (κ1) is 15.8. The predicted molar refractivity (Wildman–Crippen MR) is 85.6 cm³/mol. The quantitative estimate of drug-likeness (QED) is 0.855. The van der Waals surface area contributed by atoms with Crippen molar-refractivity contribution in [3.63, 3.8) is 0 Å². The van der Waals surface area contributed by atoms with Crippen LogP contribution in [0.3, 0.4) is 0 Å². The van der Waals surface area contributed by atoms with Crippen molar-refractivity contribution in [2.45, 2.75) is 26.1 Å². The summed E-state index contributed by atoms with van der Waals surface area (Å²) in [4.78, 5) is 0. The van der Waals surface area contributed by atoms with E-state index in [-0.39, 0.29) is 12.6 Å². The summed E-state index contributed by atoms with van der Waals surface area (Å²) < 4.78 is 5.14. The minimum atomic E-state index is 0.0641. The van der Waals surface area contributed by atoms with Crippen molar-refractivity contribution in [3.05, 3.63) is 64.2 Å². The van der Waals surface area contributed by atoms with Crippen LogP contribution in [0.5, 0.6) is 5.75 Å². The Morgan fingerprint density at radius 1 is 1.19 bits per heavy atom. The molecule has 0 saturated carbocycles. The molecule has 0 aliphatic rings. The molecular weight excluding hydrogens is 286 g/mol. The van der Waals surface area contributed by atoms with E-state index in [2.05, 4.69) is 18.3 Å². The van der Waals surface area contributed by atoms with Crippen LogP contribution in [0.25, 0.3) is 0 Å². The number of nitrogens with one attached hydrogen (secondary N) is 1. The summed E-state index contributed by atoms with van der Waals surface area (Å²) in [5, 5.41) is 13.3. The van der Waals surface area contributed by atoms with Crippen LogP contribution in [0.2, 0.25) is 5.02 Å². The normalized spacial score (nSPS) is 12.2. The van der Waals surface area contributed by atoms with E-state index in [1.54, 1.807) is 7.11 Å². The molecule has 0 spiro atoms. The number of hydrogen-bond acceptors (Lipinski definition) is 3. The van der Waals surface area contributed by atoms with E-state index in [0.29, 0.717) is 17.3 Å². The molecule has 21 heavy (non-hydrogen) atoms. The second-order valence-corrected chi connectivity index (χ2v) is 5.38. The molecule has 0 radical (unpaired) electrons. The molecule has 3 nitrogen and oxygen atoms in total. The maximum Gasteiger partial charge on any atom is 0.137 e. The first-order chi connectivity index (χ1) is 10.1. The highest BCUT2D eigenvalue weighted by Gasteiger charge is 2.07. The molecule has 1 atom stereocenters. The molecule has 0 aliphatic carbocycles. The van der Waals surface area contributed by atoms with Gasteiger partial charge in [0.15, 0.2) is 0 Å². The second kappa shape index (κ2) is 7.46. The van der Waals surface area contributed by atoms with E-state index in [9.17, 15) is 5.11 Å². The van der Waals surface area contributed by atoms with Crippen molar-refractivity contribution >= 4 is 11.6 Å². The lowest BCUT2D eigenvalue weighted by atomic mass is 10.1. The highest BCUT2D eigenvalue weighted by atomic mass is 35.5. The molecule has 0 fully saturated rings. The van der Waals surface area contributed by atoms with Crippen molar-refractivity contribution in [3.8, 4) is 5.75 Å². The number of rotatable bonds is 6. The Hall–Kier alpha value is -1.55. The van der Waals surface area contributed by atoms with Crippen molar-refractivity contribution in [1.29, 1.82) is 0 Å². The number of aliphatic hydroxyl groups is 1. The standard InChI is InChI=1S/C17H20ClNO2/c1-12(15-5-3-4-14(8-15)11-20)19-10-13-6-7-17(21-2)16(18)9-13/h3-9,12,19-20H,10-11H2,1-2H3. The van der Waals surface area contributed by atoms with Crippen LogP contribution in [0.4, 0.5) is 0 Å². The van der Waals surface area contributed by atoms with Gasteiger partial charge in [-0.1, -0.05) is 41.9 Å². The highest BCUT2D eigenvalue weighted by molar-refractivity contribution is 6.32. The Morgan fingerprint density at radius 2 is 2.00 bits per heavy atom. The van der Waals surface area contributed by atoms with Crippen LogP contribution in [0.1, 0.15) is 29.7 Å². The van der Waals surface area contributed by atoms with Gasteiger partial charge in [-0.2, -0.15) is 0 Å². The molecule has 0 saturated heterocycles. The lowest BCUT2D eigenvalue weighted by Crippen LogP contribution is -2.18. The minimum absolute atomic E-state index is 0.0641. The molecule has 1 unspecified atom stereocenters. The monoisotopic (exact) mass is 305 g/mol. The molecule has 4 heteroatoms. The smallest absolute Gasteiger partial charge is 0.137 e. The fourth-order valence-corrected chi connectivity index (χ4v) is 2.45. The highest BCUT2D eigenvalue weighted by Crippen LogP contribution is 2.25. The van der Waals surface area contributed by atoms with Gasteiger partial charge in [0, 0.05) is 12.6 Å². The van der Waals surface area contributed by atoms with Gasteiger partial charge in [-0.15, -0.1) is 0 Å². The van der Waals surface area contributed by atoms with Crippen molar-refractivity contribution < 1.29 is 9.84 Å². The Balaban J connectivity index is 2.00. The van der Waals surface area contributed by atoms with Crippen LogP contribution in [-0.4, -0.2) is 12.2 Å². The van der Waals surface area contributed by atoms with Gasteiger partial charge >= 0.3 is 0 Å². The van der Waals surface area contributed by atoms with Gasteiger partial charge in [-0.05, 0) is 35.7 Å². The molecule has 2 rings (SSSR count). The van der Waals surface area contributed by atoms with E-state index >= 15 is 0 Å². The van der Waals surface area contributed by atoms with Gasteiger partial charge < -0.3 is 15.2 Å². The fourth-order valence-electron chi connectivity index (χ4n) is 2.17. The van der Waals surface area contributed by atoms with Gasteiger partial charge in [0.2, 0.25) is 0 Å². The summed E-state index contributed by atoms with van der Waals surface area (Å²) in [6.07, 6.45) is 0. The SMILES string of the molecule is COc1ccc(CNC(C)c2cccc(CO)c2)cc1Cl. The third kappa shape index (κ3) is 4.21. The zero-order chi connectivity index (χ0) is 15.2. The molecular formula is C17H20ClNO2. The third-order valence-corrected chi connectivity index (χ3v) is 3.76. The number of ether oxygens (including phenoxy) is 1. The predicted octanol–water partition coefficient (Wildman–Crippen LogP) is 3.69. The van der Waals surface area contributed by atoms with Crippen LogP contribution in [0.15, 0.2) is 42.5 Å². The molecule has 0 aromatic heterocycles. The Kier molecular flexibility index (Phi) is 5.62. The number of methoxy groups -OCH3 is 1. The van der Waals surface area contributed by atoms with Crippen LogP contribution in [-0.2, 0) is 13.2 Å². The fraction of sp³-hybridized carbons (Fsp3) is 0.294. The molecule has 0 heterocycles. The molecule has 2 N–H and O–H groups in total. The van der Waals surface area contributed by atoms with Gasteiger partial charge in [0.1, 0.15) is 5.75 Å². The molecule has 0 aliphatic heterocycles. The number of halogens is 1. The average Bonchev–Trinajstić information content (AvgIpc) is 2.52. The Bertz CT molecular complexity index is 601. The number of aliphatic hydroxyl groups excluding tert-OH is 1. The third-order valence-electron chi connectivity index (χ3n) is 3.46. The summed E-state index contributed by atoms with van der Waals surface area (Å²) in [6, 6.07) is 13.9. The van der Waals surface area contributed by atoms with Crippen LogP contribution < -0.4 is 10.1 Å². The molecule has 2 aromatic carbocycles. The molecule has 2 aromatic rings. The van der Waals surface area contributed by atoms with Crippen molar-refractivity contribution in [1.82, 2.24) is 5.32 Å². The van der Waals surface area contributed by atoms with Gasteiger partial charge in [-0.3, -0.25) is 0 Å². The van der Waals surface area contributed by atoms with E-state index in [1.165, 1.54) is 0 Å². The van der Waals surface area contributed by atoms with E-state index in [1.807, 2.05) is 36.4 Å². The number of hydrogen-bond donors (Lipinski definition) is 2. The van der Waals surface area contributed by atoms with Crippen molar-refractivity contribution in [2.75, 3.05) is 7.11 Å². The molecule has 0 bridgehead atoms. The minimum Gasteiger partial charge on any atom is -0.495 e. The first-order valence-electron chi connectivity index (χ1n) is 6.89. The van der Waals surface area contributed by atoms with E-state index < -0.39 is 0 Å². The van der Waals surface area contributed by atoms with Gasteiger partial charge in [0.25, 0.3) is 0 Å². The summed E-state index contributed by atoms with van der Waals surface area (Å²) >= 11 is 6.12.